The highest BCUT2D eigenvalue weighted by Crippen LogP contribution is 2.35. The van der Waals surface area contributed by atoms with Crippen LogP contribution in [-0.4, -0.2) is 53.3 Å². The number of carboxylic acids is 1. The molecule has 1 aliphatic carbocycles. The number of carbonyl (C=O) groups is 2. The number of methoxy groups -OCH3 is 1. The van der Waals surface area contributed by atoms with Gasteiger partial charge in [-0.15, -0.1) is 0 Å². The van der Waals surface area contributed by atoms with Crippen molar-refractivity contribution in [2.45, 2.75) is 58.4 Å². The highest BCUT2D eigenvalue weighted by molar-refractivity contribution is 5.96. The van der Waals surface area contributed by atoms with E-state index in [9.17, 15) is 14.7 Å². The van der Waals surface area contributed by atoms with Crippen LogP contribution in [-0.2, 0) is 9.53 Å². The van der Waals surface area contributed by atoms with Gasteiger partial charge in [0.05, 0.1) is 12.2 Å². The van der Waals surface area contributed by atoms with Gasteiger partial charge in [-0.05, 0) is 39.2 Å². The van der Waals surface area contributed by atoms with Crippen LogP contribution in [0.25, 0.3) is 0 Å². The molecule has 144 valence electrons. The fourth-order valence-corrected chi connectivity index (χ4v) is 4.74. The van der Waals surface area contributed by atoms with Gasteiger partial charge in [-0.3, -0.25) is 9.59 Å². The molecule has 1 aliphatic heterocycles. The summed E-state index contributed by atoms with van der Waals surface area (Å²) in [4.78, 5) is 26.5. The first-order valence-corrected chi connectivity index (χ1v) is 9.59. The van der Waals surface area contributed by atoms with Crippen LogP contribution in [0.1, 0.15) is 66.3 Å². The Kier molecular flexibility index (Phi) is 5.42. The molecule has 1 atom stereocenters. The zero-order chi connectivity index (χ0) is 18.9. The lowest BCUT2D eigenvalue weighted by Crippen LogP contribution is -2.40. The largest absolute Gasteiger partial charge is 0.481 e. The fourth-order valence-electron chi connectivity index (χ4n) is 4.74. The quantitative estimate of drug-likeness (QED) is 0.873. The van der Waals surface area contributed by atoms with Crippen LogP contribution < -0.4 is 0 Å². The van der Waals surface area contributed by atoms with Crippen molar-refractivity contribution in [3.63, 3.8) is 0 Å². The number of likely N-dealkylation sites (tertiary alicyclic amines) is 1. The number of aliphatic carboxylic acids is 1. The third-order valence-electron chi connectivity index (χ3n) is 6.17. The summed E-state index contributed by atoms with van der Waals surface area (Å²) in [7, 11) is 1.51. The number of hydrogen-bond donors (Lipinski definition) is 1. The van der Waals surface area contributed by atoms with Crippen molar-refractivity contribution in [3.8, 4) is 0 Å². The Morgan fingerprint density at radius 2 is 1.96 bits per heavy atom. The molecule has 0 bridgehead atoms. The van der Waals surface area contributed by atoms with Gasteiger partial charge in [0.2, 0.25) is 0 Å². The van der Waals surface area contributed by atoms with E-state index in [1.54, 1.807) is 4.90 Å². The Hall–Kier alpha value is -1.82. The second-order valence-corrected chi connectivity index (χ2v) is 7.94. The number of aryl methyl sites for hydroxylation is 1. The normalized spacial score (nSPS) is 24.2. The number of carbonyl (C=O) groups excluding carboxylic acids is 1. The predicted molar refractivity (Wildman–Crippen MR) is 98.5 cm³/mol. The van der Waals surface area contributed by atoms with Gasteiger partial charge in [-0.25, -0.2) is 0 Å². The topological polar surface area (TPSA) is 71.8 Å². The first kappa shape index (κ1) is 19.0. The summed E-state index contributed by atoms with van der Waals surface area (Å²) in [5, 5.41) is 9.62. The summed E-state index contributed by atoms with van der Waals surface area (Å²) in [6, 6.07) is 2.46. The molecule has 3 rings (SSSR count). The van der Waals surface area contributed by atoms with E-state index < -0.39 is 11.4 Å². The molecule has 2 fully saturated rings. The van der Waals surface area contributed by atoms with E-state index in [-0.39, 0.29) is 19.1 Å². The summed E-state index contributed by atoms with van der Waals surface area (Å²) >= 11 is 0. The summed E-state index contributed by atoms with van der Waals surface area (Å²) in [6.45, 7) is 4.89. The van der Waals surface area contributed by atoms with E-state index in [1.165, 1.54) is 39.2 Å². The van der Waals surface area contributed by atoms with E-state index in [0.717, 1.165) is 11.4 Å². The summed E-state index contributed by atoms with van der Waals surface area (Å²) in [5.74, 6) is -0.943. The minimum absolute atomic E-state index is 0.0561. The van der Waals surface area contributed by atoms with Gasteiger partial charge in [0.15, 0.2) is 0 Å². The maximum atomic E-state index is 13.1. The fraction of sp³-hybridized carbons (Fsp3) is 0.700. The summed E-state index contributed by atoms with van der Waals surface area (Å²) < 4.78 is 7.45. The molecular formula is C20H30N2O4. The Bertz CT molecular complexity index is 690. The number of amides is 1. The minimum atomic E-state index is -0.987. The average Bonchev–Trinajstić information content (AvgIpc) is 3.18. The molecule has 1 aromatic rings. The van der Waals surface area contributed by atoms with E-state index in [1.807, 2.05) is 13.0 Å². The number of nitrogens with zero attached hydrogens (tertiary/aromatic N) is 2. The van der Waals surface area contributed by atoms with E-state index in [2.05, 4.69) is 11.5 Å². The van der Waals surface area contributed by atoms with Crippen LogP contribution in [0, 0.1) is 19.3 Å². The lowest BCUT2D eigenvalue weighted by atomic mass is 9.88. The van der Waals surface area contributed by atoms with Gasteiger partial charge in [-0.2, -0.15) is 0 Å². The summed E-state index contributed by atoms with van der Waals surface area (Å²) in [5.41, 5.74) is 1.86. The Balaban J connectivity index is 1.82. The van der Waals surface area contributed by atoms with Crippen molar-refractivity contribution in [3.05, 3.63) is 23.0 Å². The first-order valence-electron chi connectivity index (χ1n) is 9.59. The Morgan fingerprint density at radius 3 is 2.58 bits per heavy atom. The number of aromatic nitrogens is 1. The van der Waals surface area contributed by atoms with Crippen LogP contribution in [0.3, 0.4) is 0 Å². The average molecular weight is 362 g/mol. The number of ether oxygens (including phenoxy) is 1. The van der Waals surface area contributed by atoms with Gasteiger partial charge in [0, 0.05) is 37.6 Å². The molecule has 1 aromatic heterocycles. The molecule has 1 amide bonds. The second-order valence-electron chi connectivity index (χ2n) is 7.94. The van der Waals surface area contributed by atoms with E-state index >= 15 is 0 Å². The van der Waals surface area contributed by atoms with Crippen molar-refractivity contribution >= 4 is 11.9 Å². The maximum Gasteiger partial charge on any atom is 0.313 e. The second kappa shape index (κ2) is 7.43. The molecule has 2 aliphatic rings. The van der Waals surface area contributed by atoms with Gasteiger partial charge in [-0.1, -0.05) is 19.3 Å². The molecule has 2 heterocycles. The predicted octanol–water partition coefficient (Wildman–Crippen LogP) is 3.17. The molecule has 0 spiro atoms. The lowest BCUT2D eigenvalue weighted by Gasteiger charge is -2.27. The number of carboxylic acid groups (broad SMARTS) is 1. The van der Waals surface area contributed by atoms with Crippen molar-refractivity contribution in [1.29, 1.82) is 0 Å². The van der Waals surface area contributed by atoms with Crippen molar-refractivity contribution in [2.24, 2.45) is 5.41 Å². The third kappa shape index (κ3) is 3.27. The molecule has 1 unspecified atom stereocenters. The zero-order valence-electron chi connectivity index (χ0n) is 16.1. The van der Waals surface area contributed by atoms with Crippen molar-refractivity contribution in [1.82, 2.24) is 9.47 Å². The summed E-state index contributed by atoms with van der Waals surface area (Å²) in [6.07, 6.45) is 6.56. The molecule has 1 saturated heterocycles. The van der Waals surface area contributed by atoms with Crippen LogP contribution in [0.2, 0.25) is 0 Å². The molecule has 0 aromatic carbocycles. The van der Waals surface area contributed by atoms with Gasteiger partial charge >= 0.3 is 5.97 Å². The van der Waals surface area contributed by atoms with Crippen molar-refractivity contribution < 1.29 is 19.4 Å². The van der Waals surface area contributed by atoms with Gasteiger partial charge in [0.25, 0.3) is 5.91 Å². The van der Waals surface area contributed by atoms with Crippen LogP contribution in [0.4, 0.5) is 0 Å². The molecule has 1 saturated carbocycles. The molecular weight excluding hydrogens is 332 g/mol. The molecule has 6 nitrogen and oxygen atoms in total. The smallest absolute Gasteiger partial charge is 0.313 e. The highest BCUT2D eigenvalue weighted by Gasteiger charge is 2.46. The van der Waals surface area contributed by atoms with Crippen molar-refractivity contribution in [2.75, 3.05) is 26.8 Å². The Morgan fingerprint density at radius 1 is 1.27 bits per heavy atom. The van der Waals surface area contributed by atoms with Crippen LogP contribution >= 0.6 is 0 Å². The molecule has 26 heavy (non-hydrogen) atoms. The lowest BCUT2D eigenvalue weighted by molar-refractivity contribution is -0.151. The van der Waals surface area contributed by atoms with E-state index in [4.69, 9.17) is 4.74 Å². The molecule has 6 heteroatoms. The SMILES string of the molecule is COCC1(C(=O)O)CCN(C(=O)c2cc(C)n(C3CCCCC3)c2C)C1. The molecule has 0 radical (unpaired) electrons. The van der Waals surface area contributed by atoms with Crippen LogP contribution in [0.5, 0.6) is 0 Å². The standard InChI is InChI=1S/C20H30N2O4/c1-14-11-17(15(2)22(14)16-7-5-4-6-8-16)18(23)21-10-9-20(12-21,13-26-3)19(24)25/h11,16H,4-10,12-13H2,1-3H3,(H,24,25). The van der Waals surface area contributed by atoms with Crippen LogP contribution in [0.15, 0.2) is 6.07 Å². The highest BCUT2D eigenvalue weighted by atomic mass is 16.5. The third-order valence-corrected chi connectivity index (χ3v) is 6.17. The minimum Gasteiger partial charge on any atom is -0.481 e. The Labute approximate surface area is 155 Å². The zero-order valence-corrected chi connectivity index (χ0v) is 16.1. The number of hydrogen-bond acceptors (Lipinski definition) is 3. The first-order chi connectivity index (χ1) is 12.4. The van der Waals surface area contributed by atoms with Gasteiger partial charge < -0.3 is 19.3 Å². The number of rotatable bonds is 5. The van der Waals surface area contributed by atoms with E-state index in [0.29, 0.717) is 24.6 Å². The molecule has 1 N–H and O–H groups in total. The monoisotopic (exact) mass is 362 g/mol. The van der Waals surface area contributed by atoms with Gasteiger partial charge in [0.1, 0.15) is 5.41 Å². The maximum absolute atomic E-state index is 13.1.